The molecule has 4 nitrogen and oxygen atoms in total. The summed E-state index contributed by atoms with van der Waals surface area (Å²) in [6.07, 6.45) is -0.0289. The third kappa shape index (κ3) is 7.52. The van der Waals surface area contributed by atoms with E-state index in [9.17, 15) is 13.0 Å². The monoisotopic (exact) mass is 204 g/mol. The molecule has 0 bridgehead atoms. The number of aliphatic hydroxyl groups is 1. The molecule has 1 atom stereocenters. The molecule has 0 aromatic rings. The second-order valence-corrected chi connectivity index (χ2v) is 5.24. The fourth-order valence-electron chi connectivity index (χ4n) is 0.626. The zero-order valence-corrected chi connectivity index (χ0v) is 10.7. The topological polar surface area (TPSA) is 77.4 Å². The van der Waals surface area contributed by atoms with E-state index in [2.05, 4.69) is 0 Å². The Labute approximate surface area is 95.4 Å². The van der Waals surface area contributed by atoms with Crippen LogP contribution in [0.4, 0.5) is 0 Å². The fraction of sp³-hybridized carbons (Fsp3) is 1.00. The van der Waals surface area contributed by atoms with Crippen LogP contribution in [0, 0.1) is 5.41 Å². The van der Waals surface area contributed by atoms with E-state index >= 15 is 0 Å². The molecule has 0 heterocycles. The van der Waals surface area contributed by atoms with Crippen LogP contribution >= 0.6 is 0 Å². The van der Waals surface area contributed by atoms with E-state index in [-0.39, 0.29) is 41.4 Å². The number of aliphatic hydroxyl groups excluding tert-OH is 1. The molecule has 0 aliphatic heterocycles. The average Bonchev–Trinajstić information content (AvgIpc) is 1.56. The van der Waals surface area contributed by atoms with Crippen LogP contribution in [-0.2, 0) is 10.1 Å². The summed E-state index contributed by atoms with van der Waals surface area (Å²) in [5.74, 6) is 0. The maximum atomic E-state index is 10.2. The zero-order chi connectivity index (χ0) is 9.28. The normalized spacial score (nSPS) is 15.1. The summed E-state index contributed by atoms with van der Waals surface area (Å²) in [6.45, 7) is 5.25. The zero-order valence-electron chi connectivity index (χ0n) is 7.86. The van der Waals surface area contributed by atoms with E-state index in [0.29, 0.717) is 0 Å². The molecule has 0 spiro atoms. The molecule has 68 valence electrons. The molecular weight excluding hydrogens is 191 g/mol. The van der Waals surface area contributed by atoms with Crippen LogP contribution in [0.3, 0.4) is 0 Å². The average molecular weight is 204 g/mol. The molecule has 0 saturated carbocycles. The number of rotatable bonds is 2. The van der Waals surface area contributed by atoms with E-state index < -0.39 is 15.6 Å². The van der Waals surface area contributed by atoms with Crippen molar-refractivity contribution in [3.05, 3.63) is 0 Å². The molecule has 0 saturated heterocycles. The predicted octanol–water partition coefficient (Wildman–Crippen LogP) is -2.71. The number of hydrogen-bond donors (Lipinski definition) is 1. The van der Waals surface area contributed by atoms with Gasteiger partial charge in [0, 0.05) is 0 Å². The first-order valence-corrected chi connectivity index (χ1v) is 4.73. The van der Waals surface area contributed by atoms with Crippen LogP contribution in [0.15, 0.2) is 0 Å². The minimum absolute atomic E-state index is 0. The Morgan fingerprint density at radius 1 is 1.42 bits per heavy atom. The van der Waals surface area contributed by atoms with Gasteiger partial charge in [-0.2, -0.15) is 0 Å². The standard InChI is InChI=1S/C6H14O4S.Na/c1-6(2,3)4-5(7)11(8,9)10;/h5,7H,4H2,1-3H3,(H,8,9,10);/q;+1/p-1. The molecule has 6 heteroatoms. The third-order valence-corrected chi connectivity index (χ3v) is 1.95. The van der Waals surface area contributed by atoms with Crippen molar-refractivity contribution in [2.45, 2.75) is 32.6 Å². The van der Waals surface area contributed by atoms with Crippen molar-refractivity contribution in [3.63, 3.8) is 0 Å². The summed E-state index contributed by atoms with van der Waals surface area (Å²) in [5.41, 5.74) is -2.13. The molecule has 0 aliphatic rings. The van der Waals surface area contributed by atoms with Gasteiger partial charge in [-0.1, -0.05) is 20.8 Å². The van der Waals surface area contributed by atoms with Gasteiger partial charge in [0.15, 0.2) is 0 Å². The second kappa shape index (κ2) is 4.93. The van der Waals surface area contributed by atoms with Crippen LogP contribution in [-0.4, -0.2) is 23.5 Å². The summed E-state index contributed by atoms with van der Waals surface area (Å²) >= 11 is 0. The van der Waals surface area contributed by atoms with Crippen molar-refractivity contribution in [1.82, 2.24) is 0 Å². The third-order valence-electron chi connectivity index (χ3n) is 1.12. The summed E-state index contributed by atoms with van der Waals surface area (Å²) in [6, 6.07) is 0. The quantitative estimate of drug-likeness (QED) is 0.392. The Balaban J connectivity index is 0. The van der Waals surface area contributed by atoms with Gasteiger partial charge in [-0.05, 0) is 11.8 Å². The Bertz CT molecular complexity index is 216. The molecule has 0 radical (unpaired) electrons. The van der Waals surface area contributed by atoms with Crippen molar-refractivity contribution in [1.29, 1.82) is 0 Å². The fourth-order valence-corrected chi connectivity index (χ4v) is 1.33. The van der Waals surface area contributed by atoms with Crippen molar-refractivity contribution >= 4 is 10.1 Å². The minimum Gasteiger partial charge on any atom is -0.746 e. The van der Waals surface area contributed by atoms with E-state index in [1.807, 2.05) is 0 Å². The summed E-state index contributed by atoms with van der Waals surface area (Å²) in [7, 11) is -4.53. The Hall–Kier alpha value is 0.870. The van der Waals surface area contributed by atoms with E-state index in [1.54, 1.807) is 20.8 Å². The largest absolute Gasteiger partial charge is 1.00 e. The SMILES string of the molecule is CC(C)(C)CC(O)S(=O)(=O)[O-].[Na+]. The van der Waals surface area contributed by atoms with E-state index in [4.69, 9.17) is 5.11 Å². The Morgan fingerprint density at radius 2 is 1.75 bits per heavy atom. The molecule has 0 rings (SSSR count). The van der Waals surface area contributed by atoms with Crippen LogP contribution in [0.25, 0.3) is 0 Å². The van der Waals surface area contributed by atoms with Gasteiger partial charge >= 0.3 is 29.6 Å². The van der Waals surface area contributed by atoms with Gasteiger partial charge in [0.2, 0.25) is 0 Å². The molecule has 1 N–H and O–H groups in total. The molecular formula is C6H13NaO4S. The first kappa shape index (κ1) is 15.3. The Morgan fingerprint density at radius 3 is 1.83 bits per heavy atom. The molecule has 0 amide bonds. The maximum Gasteiger partial charge on any atom is 1.00 e. The number of hydrogen-bond acceptors (Lipinski definition) is 4. The maximum absolute atomic E-state index is 10.2. The molecule has 0 aromatic carbocycles. The first-order chi connectivity index (χ1) is 4.63. The molecule has 12 heavy (non-hydrogen) atoms. The van der Waals surface area contributed by atoms with E-state index in [0.717, 1.165) is 0 Å². The summed E-state index contributed by atoms with van der Waals surface area (Å²) in [5, 5.41) is 8.82. The molecule has 1 unspecified atom stereocenters. The van der Waals surface area contributed by atoms with Crippen LogP contribution in [0.2, 0.25) is 0 Å². The first-order valence-electron chi connectivity index (χ1n) is 3.26. The van der Waals surface area contributed by atoms with E-state index in [1.165, 1.54) is 0 Å². The van der Waals surface area contributed by atoms with Crippen LogP contribution in [0.5, 0.6) is 0 Å². The summed E-state index contributed by atoms with van der Waals surface area (Å²) in [4.78, 5) is 0. The predicted molar refractivity (Wildman–Crippen MR) is 39.8 cm³/mol. The van der Waals surface area contributed by atoms with Crippen LogP contribution in [0.1, 0.15) is 27.2 Å². The minimum atomic E-state index is -4.53. The van der Waals surface area contributed by atoms with Gasteiger partial charge in [-0.25, -0.2) is 8.42 Å². The molecule has 0 fully saturated rings. The smallest absolute Gasteiger partial charge is 0.746 e. The van der Waals surface area contributed by atoms with Gasteiger partial charge in [-0.15, -0.1) is 0 Å². The Kier molecular flexibility index (Phi) is 6.30. The van der Waals surface area contributed by atoms with Gasteiger partial charge in [0.25, 0.3) is 0 Å². The van der Waals surface area contributed by atoms with Crippen molar-refractivity contribution in [2.75, 3.05) is 0 Å². The van der Waals surface area contributed by atoms with Gasteiger partial charge in [-0.3, -0.25) is 0 Å². The summed E-state index contributed by atoms with van der Waals surface area (Å²) < 4.78 is 30.6. The molecule has 0 aliphatic carbocycles. The molecule has 0 aromatic heterocycles. The van der Waals surface area contributed by atoms with Crippen molar-refractivity contribution < 1.29 is 47.6 Å². The van der Waals surface area contributed by atoms with Gasteiger partial charge in [0.1, 0.15) is 15.6 Å². The van der Waals surface area contributed by atoms with Crippen molar-refractivity contribution in [2.24, 2.45) is 5.41 Å². The van der Waals surface area contributed by atoms with Gasteiger partial charge in [0.05, 0.1) is 0 Å². The second-order valence-electron chi connectivity index (χ2n) is 3.71. The van der Waals surface area contributed by atoms with Crippen LogP contribution < -0.4 is 29.6 Å². The van der Waals surface area contributed by atoms with Gasteiger partial charge < -0.3 is 9.66 Å². The van der Waals surface area contributed by atoms with Crippen molar-refractivity contribution in [3.8, 4) is 0 Å².